The number of carbonyl (C=O) groups is 1. The third-order valence-electron chi connectivity index (χ3n) is 4.27. The molecule has 1 aliphatic heterocycles. The first-order valence-electron chi connectivity index (χ1n) is 8.25. The van der Waals surface area contributed by atoms with Gasteiger partial charge >= 0.3 is 5.37 Å². The molecule has 0 aliphatic carbocycles. The van der Waals surface area contributed by atoms with Crippen molar-refractivity contribution in [2.24, 2.45) is 0 Å². The zero-order valence-corrected chi connectivity index (χ0v) is 14.6. The van der Waals surface area contributed by atoms with Gasteiger partial charge in [0.05, 0.1) is 0 Å². The molecule has 3 aromatic carbocycles. The molecule has 5 heteroatoms. The zero-order chi connectivity index (χ0) is 17.9. The first-order valence-corrected chi connectivity index (χ1v) is 8.63. The summed E-state index contributed by atoms with van der Waals surface area (Å²) in [6.45, 7) is 0.237. The Morgan fingerprint density at radius 2 is 1.42 bits per heavy atom. The molecule has 0 saturated carbocycles. The van der Waals surface area contributed by atoms with Gasteiger partial charge in [-0.25, -0.2) is 0 Å². The molecule has 0 unspecified atom stereocenters. The second-order valence-corrected chi connectivity index (χ2v) is 6.24. The monoisotopic (exact) mass is 365 g/mol. The largest absolute Gasteiger partial charge is 0.457 e. The van der Waals surface area contributed by atoms with E-state index in [0.717, 1.165) is 16.7 Å². The predicted octanol–water partition coefficient (Wildman–Crippen LogP) is 5.67. The molecule has 4 nitrogen and oxygen atoms in total. The molecular formula is C21H16ClNO3. The van der Waals surface area contributed by atoms with E-state index in [4.69, 9.17) is 21.2 Å². The van der Waals surface area contributed by atoms with Gasteiger partial charge in [0, 0.05) is 11.1 Å². The summed E-state index contributed by atoms with van der Waals surface area (Å²) < 4.78 is 5.96. The number of carbonyl (C=O) groups excluding carboxylic acids is 1. The first kappa shape index (κ1) is 16.6. The van der Waals surface area contributed by atoms with Crippen LogP contribution >= 0.6 is 11.6 Å². The SMILES string of the molecule is O=C(Cl)N(OCc1ccccc1)C1c2ccccc2Oc2ccccc21. The summed E-state index contributed by atoms with van der Waals surface area (Å²) in [6.07, 6.45) is 0. The molecule has 1 heterocycles. The Balaban J connectivity index is 1.72. The normalized spacial score (nSPS) is 12.7. The van der Waals surface area contributed by atoms with Crippen molar-refractivity contribution >= 4 is 17.0 Å². The molecule has 0 fully saturated rings. The Labute approximate surface area is 156 Å². The van der Waals surface area contributed by atoms with Crippen LogP contribution in [0.3, 0.4) is 0 Å². The number of hydrogen-bond acceptors (Lipinski definition) is 3. The number of hydroxylamine groups is 2. The summed E-state index contributed by atoms with van der Waals surface area (Å²) in [5.74, 6) is 1.37. The number of fused-ring (bicyclic) bond motifs is 2. The molecule has 0 N–H and O–H groups in total. The van der Waals surface area contributed by atoms with Gasteiger partial charge in [-0.2, -0.15) is 5.06 Å². The van der Waals surface area contributed by atoms with E-state index in [9.17, 15) is 4.79 Å². The molecule has 3 aromatic rings. The van der Waals surface area contributed by atoms with Crippen LogP contribution in [-0.2, 0) is 11.4 Å². The topological polar surface area (TPSA) is 38.8 Å². The minimum Gasteiger partial charge on any atom is -0.457 e. The van der Waals surface area contributed by atoms with Gasteiger partial charge in [-0.15, -0.1) is 0 Å². The van der Waals surface area contributed by atoms with Gasteiger partial charge < -0.3 is 4.74 Å². The van der Waals surface area contributed by atoms with Crippen LogP contribution in [0.25, 0.3) is 0 Å². The molecule has 1 amide bonds. The number of halogens is 1. The van der Waals surface area contributed by atoms with Gasteiger partial charge in [0.25, 0.3) is 0 Å². The quantitative estimate of drug-likeness (QED) is 0.339. The highest BCUT2D eigenvalue weighted by Crippen LogP contribution is 2.45. The smallest absolute Gasteiger partial charge is 0.341 e. The Bertz CT molecular complexity index is 884. The van der Waals surface area contributed by atoms with Gasteiger partial charge in [-0.1, -0.05) is 66.7 Å². The van der Waals surface area contributed by atoms with Crippen LogP contribution < -0.4 is 4.74 Å². The van der Waals surface area contributed by atoms with E-state index in [0.29, 0.717) is 11.5 Å². The molecule has 0 saturated heterocycles. The second kappa shape index (κ2) is 7.20. The lowest BCUT2D eigenvalue weighted by atomic mass is 9.94. The summed E-state index contributed by atoms with van der Waals surface area (Å²) in [5.41, 5.74) is 2.60. The fraction of sp³-hybridized carbons (Fsp3) is 0.0952. The van der Waals surface area contributed by atoms with E-state index in [1.807, 2.05) is 78.9 Å². The maximum absolute atomic E-state index is 12.2. The van der Waals surface area contributed by atoms with Crippen molar-refractivity contribution in [3.63, 3.8) is 0 Å². The van der Waals surface area contributed by atoms with Crippen LogP contribution in [0.2, 0.25) is 0 Å². The molecule has 0 radical (unpaired) electrons. The van der Waals surface area contributed by atoms with Crippen molar-refractivity contribution in [2.75, 3.05) is 0 Å². The molecule has 0 atom stereocenters. The number of rotatable bonds is 4. The van der Waals surface area contributed by atoms with Gasteiger partial charge in [-0.05, 0) is 29.3 Å². The maximum Gasteiger partial charge on any atom is 0.341 e. The number of amides is 1. The minimum atomic E-state index is -0.683. The zero-order valence-electron chi connectivity index (χ0n) is 13.8. The van der Waals surface area contributed by atoms with E-state index in [1.54, 1.807) is 0 Å². The van der Waals surface area contributed by atoms with Crippen molar-refractivity contribution < 1.29 is 14.4 Å². The first-order chi connectivity index (χ1) is 12.7. The predicted molar refractivity (Wildman–Crippen MR) is 99.1 cm³/mol. The Kier molecular flexibility index (Phi) is 4.61. The van der Waals surface area contributed by atoms with E-state index in [-0.39, 0.29) is 6.61 Å². The van der Waals surface area contributed by atoms with Gasteiger partial charge in [-0.3, -0.25) is 9.63 Å². The third kappa shape index (κ3) is 3.17. The summed E-state index contributed by atoms with van der Waals surface area (Å²) >= 11 is 5.90. The lowest BCUT2D eigenvalue weighted by Crippen LogP contribution is -2.33. The van der Waals surface area contributed by atoms with E-state index < -0.39 is 11.4 Å². The highest BCUT2D eigenvalue weighted by atomic mass is 35.5. The maximum atomic E-state index is 12.2. The summed E-state index contributed by atoms with van der Waals surface area (Å²) in [7, 11) is 0. The molecule has 130 valence electrons. The van der Waals surface area contributed by atoms with Crippen LogP contribution in [0.5, 0.6) is 11.5 Å². The van der Waals surface area contributed by atoms with Gasteiger partial charge in [0.2, 0.25) is 0 Å². The fourth-order valence-electron chi connectivity index (χ4n) is 3.08. The Morgan fingerprint density at radius 1 is 0.885 bits per heavy atom. The van der Waals surface area contributed by atoms with Crippen LogP contribution in [0.4, 0.5) is 4.79 Å². The third-order valence-corrected chi connectivity index (χ3v) is 4.43. The molecular weight excluding hydrogens is 350 g/mol. The fourth-order valence-corrected chi connectivity index (χ4v) is 3.23. The molecule has 4 rings (SSSR count). The molecule has 0 bridgehead atoms. The molecule has 1 aliphatic rings. The Hall–Kier alpha value is -2.82. The molecule has 0 spiro atoms. The highest BCUT2D eigenvalue weighted by molar-refractivity contribution is 6.62. The van der Waals surface area contributed by atoms with Crippen molar-refractivity contribution in [3.8, 4) is 11.5 Å². The van der Waals surface area contributed by atoms with Gasteiger partial charge in [0.15, 0.2) is 0 Å². The van der Waals surface area contributed by atoms with E-state index >= 15 is 0 Å². The van der Waals surface area contributed by atoms with Crippen molar-refractivity contribution in [1.29, 1.82) is 0 Å². The van der Waals surface area contributed by atoms with Crippen LogP contribution in [0.15, 0.2) is 78.9 Å². The van der Waals surface area contributed by atoms with Gasteiger partial charge in [0.1, 0.15) is 24.1 Å². The number of ether oxygens (including phenoxy) is 1. The molecule has 0 aromatic heterocycles. The van der Waals surface area contributed by atoms with Crippen molar-refractivity contribution in [3.05, 3.63) is 95.6 Å². The number of nitrogens with zero attached hydrogens (tertiary/aromatic N) is 1. The average Bonchev–Trinajstić information content (AvgIpc) is 2.68. The van der Waals surface area contributed by atoms with Crippen LogP contribution in [0, 0.1) is 0 Å². The Morgan fingerprint density at radius 3 is 2.00 bits per heavy atom. The number of hydrogen-bond donors (Lipinski definition) is 0. The van der Waals surface area contributed by atoms with Crippen LogP contribution in [-0.4, -0.2) is 10.4 Å². The summed E-state index contributed by atoms with van der Waals surface area (Å²) in [6, 6.07) is 24.3. The summed E-state index contributed by atoms with van der Waals surface area (Å²) in [5, 5.41) is 0.534. The van der Waals surface area contributed by atoms with E-state index in [1.165, 1.54) is 5.06 Å². The lowest BCUT2D eigenvalue weighted by molar-refractivity contribution is -0.141. The van der Waals surface area contributed by atoms with Crippen molar-refractivity contribution in [1.82, 2.24) is 5.06 Å². The average molecular weight is 366 g/mol. The summed E-state index contributed by atoms with van der Waals surface area (Å²) in [4.78, 5) is 18.0. The lowest BCUT2D eigenvalue weighted by Gasteiger charge is -2.34. The molecule has 26 heavy (non-hydrogen) atoms. The number of benzene rings is 3. The minimum absolute atomic E-state index is 0.237. The van der Waals surface area contributed by atoms with Crippen LogP contribution in [0.1, 0.15) is 22.7 Å². The van der Waals surface area contributed by atoms with Crippen molar-refractivity contribution in [2.45, 2.75) is 12.6 Å². The highest BCUT2D eigenvalue weighted by Gasteiger charge is 2.35. The van der Waals surface area contributed by atoms with E-state index in [2.05, 4.69) is 0 Å². The second-order valence-electron chi connectivity index (χ2n) is 5.92. The number of para-hydroxylation sites is 2. The standard InChI is InChI=1S/C21H16ClNO3/c22-21(24)23(25-14-15-8-2-1-3-9-15)20-16-10-4-6-12-18(16)26-19-13-7-5-11-17(19)20/h1-13,20H,14H2.